The zero-order valence-electron chi connectivity index (χ0n) is 18.2. The third kappa shape index (κ3) is 5.27. The standard InChI is InChI=1S/C26H18Cl2N4O2S/c27-19-10-8-17(9-11-19)24-29-26(31-30-24)35-23(25(33)34)13-18-15-32(22-7-2-1-6-21(18)22)14-16-4-3-5-20(28)12-16/h1-13,15H,14H2,(H,33,34)(H,29,30,31)/b23-13-. The van der Waals surface area contributed by atoms with Crippen LogP contribution in [0, 0.1) is 0 Å². The van der Waals surface area contributed by atoms with Crippen molar-refractivity contribution in [2.45, 2.75) is 11.7 Å². The number of halogens is 2. The predicted octanol–water partition coefficient (Wildman–Crippen LogP) is 7.00. The lowest BCUT2D eigenvalue weighted by Crippen LogP contribution is -1.98. The average Bonchev–Trinajstić information content (AvgIpc) is 3.44. The van der Waals surface area contributed by atoms with E-state index in [1.165, 1.54) is 0 Å². The van der Waals surface area contributed by atoms with Crippen molar-refractivity contribution >= 4 is 57.9 Å². The third-order valence-electron chi connectivity index (χ3n) is 5.34. The Morgan fingerprint density at radius 2 is 1.83 bits per heavy atom. The number of nitrogens with one attached hydrogen (secondary N) is 1. The Bertz CT molecular complexity index is 1560. The van der Waals surface area contributed by atoms with Gasteiger partial charge in [-0.05, 0) is 65.9 Å². The molecule has 35 heavy (non-hydrogen) atoms. The molecule has 0 bridgehead atoms. The molecule has 0 saturated carbocycles. The van der Waals surface area contributed by atoms with Gasteiger partial charge >= 0.3 is 5.97 Å². The first kappa shape index (κ1) is 23.2. The predicted molar refractivity (Wildman–Crippen MR) is 141 cm³/mol. The second-order valence-corrected chi connectivity index (χ2v) is 9.63. The van der Waals surface area contributed by atoms with Gasteiger partial charge in [-0.1, -0.05) is 53.5 Å². The quantitative estimate of drug-likeness (QED) is 0.178. The molecule has 0 aliphatic rings. The number of benzene rings is 3. The van der Waals surface area contributed by atoms with E-state index in [0.717, 1.165) is 39.4 Å². The summed E-state index contributed by atoms with van der Waals surface area (Å²) in [6, 6.07) is 22.7. The van der Waals surface area contributed by atoms with Crippen LogP contribution in [0.3, 0.4) is 0 Å². The average molecular weight is 521 g/mol. The number of thioether (sulfide) groups is 1. The maximum atomic E-state index is 12.1. The monoisotopic (exact) mass is 520 g/mol. The van der Waals surface area contributed by atoms with E-state index in [2.05, 4.69) is 19.7 Å². The summed E-state index contributed by atoms with van der Waals surface area (Å²) in [7, 11) is 0. The number of carboxylic acids is 1. The summed E-state index contributed by atoms with van der Waals surface area (Å²) in [5.41, 5.74) is 3.65. The highest BCUT2D eigenvalue weighted by Crippen LogP contribution is 2.31. The van der Waals surface area contributed by atoms with Crippen molar-refractivity contribution in [2.75, 3.05) is 0 Å². The summed E-state index contributed by atoms with van der Waals surface area (Å²) in [5, 5.41) is 19.5. The Morgan fingerprint density at radius 3 is 2.60 bits per heavy atom. The van der Waals surface area contributed by atoms with Crippen LogP contribution in [0.1, 0.15) is 11.1 Å². The molecule has 5 rings (SSSR count). The normalized spacial score (nSPS) is 11.8. The molecule has 0 aliphatic carbocycles. The van der Waals surface area contributed by atoms with Gasteiger partial charge in [0.2, 0.25) is 5.16 Å². The highest BCUT2D eigenvalue weighted by molar-refractivity contribution is 8.04. The van der Waals surface area contributed by atoms with Crippen molar-refractivity contribution < 1.29 is 9.90 Å². The fourth-order valence-corrected chi connectivity index (χ4v) is 4.79. The highest BCUT2D eigenvalue weighted by atomic mass is 35.5. The summed E-state index contributed by atoms with van der Waals surface area (Å²) in [4.78, 5) is 16.6. The second-order valence-electron chi connectivity index (χ2n) is 7.75. The Morgan fingerprint density at radius 1 is 1.03 bits per heavy atom. The van der Waals surface area contributed by atoms with Gasteiger partial charge in [-0.2, -0.15) is 0 Å². The molecular formula is C26H18Cl2N4O2S. The molecule has 2 N–H and O–H groups in total. The van der Waals surface area contributed by atoms with Crippen molar-refractivity contribution in [3.8, 4) is 11.4 Å². The fourth-order valence-electron chi connectivity index (χ4n) is 3.76. The Balaban J connectivity index is 1.47. The molecule has 0 fully saturated rings. The summed E-state index contributed by atoms with van der Waals surface area (Å²) in [6.07, 6.45) is 3.61. The number of aromatic amines is 1. The molecule has 2 aromatic heterocycles. The number of nitrogens with zero attached hydrogens (tertiary/aromatic N) is 3. The van der Waals surface area contributed by atoms with Crippen molar-refractivity contribution in [1.82, 2.24) is 19.7 Å². The number of fused-ring (bicyclic) bond motifs is 1. The van der Waals surface area contributed by atoms with Crippen molar-refractivity contribution in [1.29, 1.82) is 0 Å². The number of carboxylic acid groups (broad SMARTS) is 1. The molecular weight excluding hydrogens is 503 g/mol. The van der Waals surface area contributed by atoms with Gasteiger partial charge in [0, 0.05) is 44.8 Å². The molecule has 174 valence electrons. The van der Waals surface area contributed by atoms with Crippen LogP contribution < -0.4 is 0 Å². The first-order valence-electron chi connectivity index (χ1n) is 10.6. The molecule has 0 amide bonds. The molecule has 0 spiro atoms. The van der Waals surface area contributed by atoms with E-state index in [1.54, 1.807) is 18.2 Å². The van der Waals surface area contributed by atoms with Gasteiger partial charge in [-0.15, -0.1) is 5.10 Å². The maximum absolute atomic E-state index is 12.1. The van der Waals surface area contributed by atoms with Crippen LogP contribution >= 0.6 is 35.0 Å². The fraction of sp³-hybridized carbons (Fsp3) is 0.0385. The second kappa shape index (κ2) is 10.00. The number of H-pyrrole nitrogens is 1. The molecule has 2 heterocycles. The Kier molecular flexibility index (Phi) is 6.63. The van der Waals surface area contributed by atoms with Crippen molar-refractivity contribution in [3.63, 3.8) is 0 Å². The molecule has 0 atom stereocenters. The molecule has 0 unspecified atom stereocenters. The number of rotatable bonds is 7. The number of aliphatic carboxylic acids is 1. The third-order valence-corrected chi connectivity index (χ3v) is 6.71. The van der Waals surface area contributed by atoms with Gasteiger partial charge in [0.1, 0.15) is 4.91 Å². The first-order valence-corrected chi connectivity index (χ1v) is 12.2. The summed E-state index contributed by atoms with van der Waals surface area (Å²) in [5.74, 6) is -0.522. The van der Waals surface area contributed by atoms with E-state index in [0.29, 0.717) is 27.6 Å². The van der Waals surface area contributed by atoms with E-state index >= 15 is 0 Å². The van der Waals surface area contributed by atoms with Gasteiger partial charge in [-0.25, -0.2) is 9.78 Å². The van der Waals surface area contributed by atoms with Gasteiger partial charge < -0.3 is 9.67 Å². The number of aromatic nitrogens is 4. The molecule has 5 aromatic rings. The largest absolute Gasteiger partial charge is 0.477 e. The Labute approximate surface area is 215 Å². The maximum Gasteiger partial charge on any atom is 0.342 e. The zero-order valence-corrected chi connectivity index (χ0v) is 20.5. The van der Waals surface area contributed by atoms with Crippen LogP contribution in [0.15, 0.2) is 89.1 Å². The molecule has 0 aliphatic heterocycles. The molecule has 0 saturated heterocycles. The lowest BCUT2D eigenvalue weighted by atomic mass is 10.1. The lowest BCUT2D eigenvalue weighted by molar-refractivity contribution is -0.131. The summed E-state index contributed by atoms with van der Waals surface area (Å²) in [6.45, 7) is 0.607. The van der Waals surface area contributed by atoms with Crippen molar-refractivity contribution in [2.24, 2.45) is 0 Å². The lowest BCUT2D eigenvalue weighted by Gasteiger charge is -2.05. The molecule has 9 heteroatoms. The minimum absolute atomic E-state index is 0.109. The van der Waals surface area contributed by atoms with E-state index in [-0.39, 0.29) is 4.91 Å². The van der Waals surface area contributed by atoms with Gasteiger partial charge in [0.15, 0.2) is 5.82 Å². The highest BCUT2D eigenvalue weighted by Gasteiger charge is 2.16. The summed E-state index contributed by atoms with van der Waals surface area (Å²) < 4.78 is 2.09. The molecule has 3 aromatic carbocycles. The summed E-state index contributed by atoms with van der Waals surface area (Å²) >= 11 is 13.1. The minimum atomic E-state index is -1.06. The van der Waals surface area contributed by atoms with E-state index in [1.807, 2.05) is 66.9 Å². The van der Waals surface area contributed by atoms with E-state index in [4.69, 9.17) is 23.2 Å². The van der Waals surface area contributed by atoms with Crippen LogP contribution in [0.4, 0.5) is 0 Å². The number of hydrogen-bond donors (Lipinski definition) is 2. The van der Waals surface area contributed by atoms with Crippen LogP contribution in [-0.2, 0) is 11.3 Å². The van der Waals surface area contributed by atoms with Crippen LogP contribution in [0.5, 0.6) is 0 Å². The number of para-hydroxylation sites is 1. The van der Waals surface area contributed by atoms with Gasteiger partial charge in [0.05, 0.1) is 0 Å². The van der Waals surface area contributed by atoms with E-state index < -0.39 is 5.97 Å². The molecule has 0 radical (unpaired) electrons. The van der Waals surface area contributed by atoms with Crippen LogP contribution in [-0.4, -0.2) is 30.8 Å². The number of hydrogen-bond acceptors (Lipinski definition) is 4. The topological polar surface area (TPSA) is 83.8 Å². The van der Waals surface area contributed by atoms with Crippen molar-refractivity contribution in [3.05, 3.63) is 105 Å². The van der Waals surface area contributed by atoms with Gasteiger partial charge in [0.25, 0.3) is 0 Å². The van der Waals surface area contributed by atoms with E-state index in [9.17, 15) is 9.90 Å². The van der Waals surface area contributed by atoms with Gasteiger partial charge in [-0.3, -0.25) is 5.10 Å². The Hall–Kier alpha value is -3.52. The SMILES string of the molecule is O=C(O)/C(=C/c1cn(Cc2cccc(Cl)c2)c2ccccc12)Sc1n[nH]c(-c2ccc(Cl)cc2)n1. The van der Waals surface area contributed by atoms with Crippen LogP contribution in [0.25, 0.3) is 28.4 Å². The van der Waals surface area contributed by atoms with Crippen LogP contribution in [0.2, 0.25) is 10.0 Å². The smallest absolute Gasteiger partial charge is 0.342 e. The zero-order chi connectivity index (χ0) is 24.4. The first-order chi connectivity index (χ1) is 17.0. The number of carbonyl (C=O) groups is 1. The minimum Gasteiger partial charge on any atom is -0.477 e. The molecule has 6 nitrogen and oxygen atoms in total.